The molecule has 2 heterocycles. The number of rotatable bonds is 7. The monoisotopic (exact) mass is 339 g/mol. The molecule has 1 unspecified atom stereocenters. The van der Waals surface area contributed by atoms with Crippen molar-refractivity contribution in [3.05, 3.63) is 48.4 Å². The van der Waals surface area contributed by atoms with Gasteiger partial charge in [-0.2, -0.15) is 4.98 Å². The summed E-state index contributed by atoms with van der Waals surface area (Å²) >= 11 is 0. The lowest BCUT2D eigenvalue weighted by Crippen LogP contribution is -2.24. The summed E-state index contributed by atoms with van der Waals surface area (Å²) in [5, 5.41) is 10.5. The molecule has 2 N–H and O–H groups in total. The van der Waals surface area contributed by atoms with Gasteiger partial charge in [0.15, 0.2) is 5.82 Å². The van der Waals surface area contributed by atoms with Crippen LogP contribution in [0.4, 0.5) is 11.5 Å². The summed E-state index contributed by atoms with van der Waals surface area (Å²) in [6, 6.07) is 11.6. The van der Waals surface area contributed by atoms with Gasteiger partial charge in [0.1, 0.15) is 11.6 Å². The molecule has 0 spiro atoms. The standard InChI is InChI=1S/C18H21N5O2/c1-12(19-2)11-16-22-18(25-23-16)13-7-6-10-20-17(13)21-14-8-4-5-9-15(14)24-3/h4-10,12,19H,11H2,1-3H3,(H,20,21). The van der Waals surface area contributed by atoms with Crippen molar-refractivity contribution in [3.8, 4) is 17.2 Å². The molecule has 3 aromatic rings. The van der Waals surface area contributed by atoms with Crippen molar-refractivity contribution in [3.63, 3.8) is 0 Å². The first-order valence-electron chi connectivity index (χ1n) is 8.06. The molecule has 0 saturated carbocycles. The Morgan fingerprint density at radius 1 is 1.20 bits per heavy atom. The summed E-state index contributed by atoms with van der Waals surface area (Å²) < 4.78 is 10.8. The van der Waals surface area contributed by atoms with E-state index in [4.69, 9.17) is 9.26 Å². The van der Waals surface area contributed by atoms with Crippen LogP contribution in [0.1, 0.15) is 12.7 Å². The van der Waals surface area contributed by atoms with E-state index in [1.165, 1.54) is 0 Å². The summed E-state index contributed by atoms with van der Waals surface area (Å²) in [5.74, 6) is 2.45. The Kier molecular flexibility index (Phi) is 5.25. The minimum absolute atomic E-state index is 0.269. The van der Waals surface area contributed by atoms with E-state index in [-0.39, 0.29) is 6.04 Å². The lowest BCUT2D eigenvalue weighted by molar-refractivity contribution is 0.416. The molecule has 0 bridgehead atoms. The van der Waals surface area contributed by atoms with Crippen LogP contribution >= 0.6 is 0 Å². The molecule has 7 heteroatoms. The van der Waals surface area contributed by atoms with Crippen molar-refractivity contribution < 1.29 is 9.26 Å². The number of methoxy groups -OCH3 is 1. The molecular weight excluding hydrogens is 318 g/mol. The van der Waals surface area contributed by atoms with E-state index in [9.17, 15) is 0 Å². The minimum Gasteiger partial charge on any atom is -0.495 e. The third-order valence-corrected chi connectivity index (χ3v) is 3.85. The number of anilines is 2. The maximum atomic E-state index is 5.43. The predicted molar refractivity (Wildman–Crippen MR) is 96.0 cm³/mol. The third kappa shape index (κ3) is 3.95. The van der Waals surface area contributed by atoms with Gasteiger partial charge in [0.05, 0.1) is 18.4 Å². The molecule has 2 aromatic heterocycles. The number of nitrogens with one attached hydrogen (secondary N) is 2. The van der Waals surface area contributed by atoms with Crippen molar-refractivity contribution in [2.45, 2.75) is 19.4 Å². The number of benzene rings is 1. The zero-order chi connectivity index (χ0) is 17.6. The maximum absolute atomic E-state index is 5.43. The smallest absolute Gasteiger partial charge is 0.261 e. The van der Waals surface area contributed by atoms with Gasteiger partial charge in [0.2, 0.25) is 0 Å². The molecule has 0 aliphatic heterocycles. The molecule has 25 heavy (non-hydrogen) atoms. The quantitative estimate of drug-likeness (QED) is 0.684. The van der Waals surface area contributed by atoms with E-state index in [1.807, 2.05) is 43.4 Å². The van der Waals surface area contributed by atoms with Crippen LogP contribution in [0, 0.1) is 0 Å². The van der Waals surface area contributed by atoms with Gasteiger partial charge in [-0.15, -0.1) is 0 Å². The SMILES string of the molecule is CNC(C)Cc1noc(-c2cccnc2Nc2ccccc2OC)n1. The number of hydrogen-bond acceptors (Lipinski definition) is 7. The van der Waals surface area contributed by atoms with E-state index >= 15 is 0 Å². The number of aromatic nitrogens is 3. The molecule has 0 saturated heterocycles. The van der Waals surface area contributed by atoms with Crippen molar-refractivity contribution in [1.29, 1.82) is 0 Å². The number of likely N-dealkylation sites (N-methyl/N-ethyl adjacent to an activating group) is 1. The lowest BCUT2D eigenvalue weighted by atomic mass is 10.2. The molecule has 130 valence electrons. The molecule has 0 fully saturated rings. The summed E-state index contributed by atoms with van der Waals surface area (Å²) in [7, 11) is 3.54. The molecular formula is C18H21N5O2. The molecule has 0 radical (unpaired) electrons. The van der Waals surface area contributed by atoms with Crippen LogP contribution in [0.15, 0.2) is 47.1 Å². The van der Waals surface area contributed by atoms with Crippen LogP contribution in [0.2, 0.25) is 0 Å². The molecule has 7 nitrogen and oxygen atoms in total. The van der Waals surface area contributed by atoms with Gasteiger partial charge in [-0.25, -0.2) is 4.98 Å². The van der Waals surface area contributed by atoms with Crippen LogP contribution in [0.5, 0.6) is 5.75 Å². The Hall–Kier alpha value is -2.93. The second kappa shape index (κ2) is 7.76. The van der Waals surface area contributed by atoms with Crippen LogP contribution in [-0.4, -0.2) is 35.3 Å². The minimum atomic E-state index is 0.269. The van der Waals surface area contributed by atoms with Crippen molar-refractivity contribution in [2.75, 3.05) is 19.5 Å². The fourth-order valence-corrected chi connectivity index (χ4v) is 2.38. The molecule has 0 aliphatic rings. The van der Waals surface area contributed by atoms with Crippen molar-refractivity contribution in [1.82, 2.24) is 20.4 Å². The van der Waals surface area contributed by atoms with Gasteiger partial charge in [0, 0.05) is 18.7 Å². The third-order valence-electron chi connectivity index (χ3n) is 3.85. The summed E-state index contributed by atoms with van der Waals surface area (Å²) in [6.07, 6.45) is 2.40. The Bertz CT molecular complexity index is 834. The first-order chi connectivity index (χ1) is 12.2. The largest absolute Gasteiger partial charge is 0.495 e. The second-order valence-electron chi connectivity index (χ2n) is 5.63. The Labute approximate surface area is 146 Å². The Balaban J connectivity index is 1.89. The average molecular weight is 339 g/mol. The lowest BCUT2D eigenvalue weighted by Gasteiger charge is -2.11. The van der Waals surface area contributed by atoms with E-state index in [0.29, 0.717) is 24.0 Å². The zero-order valence-corrected chi connectivity index (χ0v) is 14.5. The van der Waals surface area contributed by atoms with Gasteiger partial charge in [0.25, 0.3) is 5.89 Å². The van der Waals surface area contributed by atoms with Gasteiger partial charge in [-0.3, -0.25) is 0 Å². The predicted octanol–water partition coefficient (Wildman–Crippen LogP) is 3.03. The zero-order valence-electron chi connectivity index (χ0n) is 14.5. The molecule has 1 atom stereocenters. The molecule has 0 amide bonds. The first kappa shape index (κ1) is 16.9. The fraction of sp³-hybridized carbons (Fsp3) is 0.278. The van der Waals surface area contributed by atoms with Gasteiger partial charge in [-0.05, 0) is 38.2 Å². The maximum Gasteiger partial charge on any atom is 0.261 e. The highest BCUT2D eigenvalue weighted by molar-refractivity contribution is 5.75. The van der Waals surface area contributed by atoms with E-state index in [2.05, 4.69) is 32.7 Å². The van der Waals surface area contributed by atoms with Crippen LogP contribution in [0.25, 0.3) is 11.5 Å². The normalized spacial score (nSPS) is 12.0. The highest BCUT2D eigenvalue weighted by atomic mass is 16.5. The van der Waals surface area contributed by atoms with E-state index in [1.54, 1.807) is 13.3 Å². The highest BCUT2D eigenvalue weighted by Gasteiger charge is 2.16. The van der Waals surface area contributed by atoms with Crippen LogP contribution < -0.4 is 15.4 Å². The first-order valence-corrected chi connectivity index (χ1v) is 8.06. The molecule has 1 aromatic carbocycles. The van der Waals surface area contributed by atoms with E-state index < -0.39 is 0 Å². The van der Waals surface area contributed by atoms with Crippen LogP contribution in [0.3, 0.4) is 0 Å². The van der Waals surface area contributed by atoms with Crippen LogP contribution in [-0.2, 0) is 6.42 Å². The second-order valence-corrected chi connectivity index (χ2v) is 5.63. The molecule has 0 aliphatic carbocycles. The number of hydrogen-bond donors (Lipinski definition) is 2. The van der Waals surface area contributed by atoms with Gasteiger partial charge >= 0.3 is 0 Å². The van der Waals surface area contributed by atoms with Gasteiger partial charge < -0.3 is 19.9 Å². The topological polar surface area (TPSA) is 85.1 Å². The molecule has 3 rings (SSSR count). The Morgan fingerprint density at radius 3 is 2.84 bits per heavy atom. The number of nitrogens with zero attached hydrogens (tertiary/aromatic N) is 3. The number of ether oxygens (including phenoxy) is 1. The fourth-order valence-electron chi connectivity index (χ4n) is 2.38. The highest BCUT2D eigenvalue weighted by Crippen LogP contribution is 2.31. The van der Waals surface area contributed by atoms with Crippen molar-refractivity contribution >= 4 is 11.5 Å². The number of para-hydroxylation sites is 2. The number of pyridine rings is 1. The summed E-state index contributed by atoms with van der Waals surface area (Å²) in [5.41, 5.74) is 1.55. The van der Waals surface area contributed by atoms with Crippen molar-refractivity contribution in [2.24, 2.45) is 0 Å². The summed E-state index contributed by atoms with van der Waals surface area (Å²) in [4.78, 5) is 8.89. The van der Waals surface area contributed by atoms with Gasteiger partial charge in [-0.1, -0.05) is 17.3 Å². The Morgan fingerprint density at radius 2 is 2.04 bits per heavy atom. The summed E-state index contributed by atoms with van der Waals surface area (Å²) in [6.45, 7) is 2.06. The van der Waals surface area contributed by atoms with E-state index in [0.717, 1.165) is 17.0 Å². The average Bonchev–Trinajstić information content (AvgIpc) is 3.10.